The van der Waals surface area contributed by atoms with Gasteiger partial charge in [0.25, 0.3) is 5.13 Å². The fourth-order valence-corrected chi connectivity index (χ4v) is 4.47. The van der Waals surface area contributed by atoms with Gasteiger partial charge in [-0.3, -0.25) is 18.1 Å². The molecule has 134 valence electrons. The van der Waals surface area contributed by atoms with Crippen LogP contribution in [0.5, 0.6) is 0 Å². The maximum atomic E-state index is 15.1. The minimum Gasteiger partial charge on any atom is -0.383 e. The molecule has 2 aliphatic heterocycles. The summed E-state index contributed by atoms with van der Waals surface area (Å²) in [5.41, 5.74) is 4.56. The molecule has 3 rings (SSSR count). The Labute approximate surface area is 141 Å². The number of ether oxygens (including phenoxy) is 1. The molecule has 0 amide bonds. The number of aromatic nitrogens is 2. The van der Waals surface area contributed by atoms with E-state index in [0.29, 0.717) is 0 Å². The fraction of sp³-hybridized carbons (Fsp3) is 0.667. The van der Waals surface area contributed by atoms with E-state index >= 15 is 4.39 Å². The van der Waals surface area contributed by atoms with E-state index in [0.717, 1.165) is 4.57 Å². The molecule has 0 saturated carbocycles. The van der Waals surface area contributed by atoms with E-state index in [9.17, 15) is 9.36 Å². The quantitative estimate of drug-likeness (QED) is 0.618. The smallest absolute Gasteiger partial charge is 0.383 e. The molecule has 0 aromatic carbocycles. The number of anilines is 1. The van der Waals surface area contributed by atoms with Crippen LogP contribution in [0.15, 0.2) is 17.1 Å². The molecule has 2 fully saturated rings. The van der Waals surface area contributed by atoms with Gasteiger partial charge in [0.2, 0.25) is 0 Å². The SMILES string of the molecule is CC(C)O[P@]1(=O)OC[C@H]2O[C@@H](n3ccc(N)nc3=O)[C@](F)(Cl)[C@@H]2O1. The first kappa shape index (κ1) is 17.8. The van der Waals surface area contributed by atoms with E-state index in [1.165, 1.54) is 12.3 Å². The lowest BCUT2D eigenvalue weighted by Crippen LogP contribution is -2.44. The van der Waals surface area contributed by atoms with Gasteiger partial charge in [-0.1, -0.05) is 11.6 Å². The molecule has 0 radical (unpaired) electrons. The van der Waals surface area contributed by atoms with E-state index in [4.69, 9.17) is 35.6 Å². The fourth-order valence-electron chi connectivity index (χ4n) is 2.48. The van der Waals surface area contributed by atoms with Gasteiger partial charge in [0.05, 0.1) is 12.7 Å². The molecule has 1 aromatic rings. The zero-order chi connectivity index (χ0) is 17.7. The largest absolute Gasteiger partial charge is 0.475 e. The summed E-state index contributed by atoms with van der Waals surface area (Å²) in [5.74, 6) is -0.0277. The summed E-state index contributed by atoms with van der Waals surface area (Å²) in [6.45, 7) is 2.98. The van der Waals surface area contributed by atoms with E-state index < -0.39 is 43.2 Å². The number of fused-ring (bicyclic) bond motifs is 1. The Hall–Kier alpha value is -1.03. The average molecular weight is 384 g/mol. The lowest BCUT2D eigenvalue weighted by Gasteiger charge is -2.33. The molecule has 0 aliphatic carbocycles. The molecule has 0 spiro atoms. The second kappa shape index (κ2) is 6.05. The van der Waals surface area contributed by atoms with Gasteiger partial charge in [0.15, 0.2) is 12.3 Å². The third-order valence-corrected chi connectivity index (χ3v) is 5.47. The van der Waals surface area contributed by atoms with Gasteiger partial charge in [0.1, 0.15) is 11.9 Å². The van der Waals surface area contributed by atoms with Crippen LogP contribution in [-0.2, 0) is 22.9 Å². The Morgan fingerprint density at radius 1 is 1.62 bits per heavy atom. The average Bonchev–Trinajstić information content (AvgIpc) is 2.69. The molecule has 9 nitrogen and oxygen atoms in total. The molecule has 12 heteroatoms. The summed E-state index contributed by atoms with van der Waals surface area (Å²) >= 11 is 5.95. The first-order chi connectivity index (χ1) is 11.1. The van der Waals surface area contributed by atoms with Gasteiger partial charge >= 0.3 is 13.5 Å². The maximum absolute atomic E-state index is 15.1. The van der Waals surface area contributed by atoms with Crippen LogP contribution in [0.3, 0.4) is 0 Å². The lowest BCUT2D eigenvalue weighted by molar-refractivity contribution is -0.0748. The van der Waals surface area contributed by atoms with Crippen LogP contribution in [-0.4, -0.2) is 39.6 Å². The molecular formula is C12H16ClFN3O6P. The summed E-state index contributed by atoms with van der Waals surface area (Å²) in [6.07, 6.45) is -3.25. The number of rotatable bonds is 3. The van der Waals surface area contributed by atoms with E-state index in [1.807, 2.05) is 0 Å². The van der Waals surface area contributed by atoms with Gasteiger partial charge < -0.3 is 10.5 Å². The van der Waals surface area contributed by atoms with Crippen molar-refractivity contribution in [2.24, 2.45) is 0 Å². The highest BCUT2D eigenvalue weighted by molar-refractivity contribution is 7.48. The minimum absolute atomic E-state index is 0.0277. The Kier molecular flexibility index (Phi) is 4.48. The Balaban J connectivity index is 1.90. The number of hydrogen-bond donors (Lipinski definition) is 1. The normalized spacial score (nSPS) is 39.1. The molecule has 2 N–H and O–H groups in total. The highest BCUT2D eigenvalue weighted by atomic mass is 35.5. The first-order valence-corrected chi connectivity index (χ1v) is 8.95. The summed E-state index contributed by atoms with van der Waals surface area (Å²) in [6, 6.07) is 1.30. The zero-order valence-corrected chi connectivity index (χ0v) is 14.4. The van der Waals surface area contributed by atoms with Crippen molar-refractivity contribution < 1.29 is 27.3 Å². The van der Waals surface area contributed by atoms with Crippen LogP contribution in [0.2, 0.25) is 0 Å². The number of nitrogens with two attached hydrogens (primary N) is 1. The summed E-state index contributed by atoms with van der Waals surface area (Å²) in [7, 11) is -3.98. The zero-order valence-electron chi connectivity index (χ0n) is 12.8. The number of nitrogens with zero attached hydrogens (tertiary/aromatic N) is 2. The predicted octanol–water partition coefficient (Wildman–Crippen LogP) is 1.58. The molecule has 5 atom stereocenters. The summed E-state index contributed by atoms with van der Waals surface area (Å²) < 4.78 is 49.1. The highest BCUT2D eigenvalue weighted by Crippen LogP contribution is 2.60. The van der Waals surface area contributed by atoms with Crippen molar-refractivity contribution >= 4 is 25.2 Å². The number of phosphoric acid groups is 1. The summed E-state index contributed by atoms with van der Waals surface area (Å²) in [4.78, 5) is 15.4. The van der Waals surface area contributed by atoms with E-state index in [1.54, 1.807) is 13.8 Å². The molecule has 24 heavy (non-hydrogen) atoms. The number of hydrogen-bond acceptors (Lipinski definition) is 8. The van der Waals surface area contributed by atoms with Gasteiger partial charge in [-0.15, -0.1) is 0 Å². The van der Waals surface area contributed by atoms with Crippen LogP contribution < -0.4 is 11.4 Å². The Bertz CT molecular complexity index is 744. The van der Waals surface area contributed by atoms with Crippen molar-refractivity contribution in [2.75, 3.05) is 12.3 Å². The first-order valence-electron chi connectivity index (χ1n) is 7.12. The van der Waals surface area contributed by atoms with Crippen molar-refractivity contribution in [3.63, 3.8) is 0 Å². The van der Waals surface area contributed by atoms with Crippen molar-refractivity contribution in [2.45, 2.75) is 43.5 Å². The van der Waals surface area contributed by atoms with Crippen molar-refractivity contribution in [3.05, 3.63) is 22.7 Å². The molecule has 0 unspecified atom stereocenters. The second-order valence-corrected chi connectivity index (χ2v) is 7.82. The summed E-state index contributed by atoms with van der Waals surface area (Å²) in [5, 5.41) is -2.69. The van der Waals surface area contributed by atoms with Crippen molar-refractivity contribution in [3.8, 4) is 0 Å². The monoisotopic (exact) mass is 383 g/mol. The Morgan fingerprint density at radius 3 is 2.96 bits per heavy atom. The van der Waals surface area contributed by atoms with Gasteiger partial charge in [-0.2, -0.15) is 4.98 Å². The number of nitrogen functional groups attached to an aromatic ring is 1. The van der Waals surface area contributed by atoms with Crippen LogP contribution in [0.25, 0.3) is 0 Å². The topological polar surface area (TPSA) is 115 Å². The highest BCUT2D eigenvalue weighted by Gasteiger charge is 2.63. The number of alkyl halides is 2. The van der Waals surface area contributed by atoms with Crippen LogP contribution in [0.4, 0.5) is 10.2 Å². The number of halogens is 2. The third kappa shape index (κ3) is 3.10. The van der Waals surface area contributed by atoms with Crippen LogP contribution in [0.1, 0.15) is 20.1 Å². The molecule has 3 heterocycles. The Morgan fingerprint density at radius 2 is 2.33 bits per heavy atom. The minimum atomic E-state index is -3.98. The maximum Gasteiger partial charge on any atom is 0.475 e. The second-order valence-electron chi connectivity index (χ2n) is 5.67. The third-order valence-electron chi connectivity index (χ3n) is 3.43. The van der Waals surface area contributed by atoms with Crippen LogP contribution in [0, 0.1) is 0 Å². The molecule has 2 saturated heterocycles. The van der Waals surface area contributed by atoms with Crippen molar-refractivity contribution in [1.29, 1.82) is 0 Å². The predicted molar refractivity (Wildman–Crippen MR) is 81.2 cm³/mol. The lowest BCUT2D eigenvalue weighted by atomic mass is 10.1. The van der Waals surface area contributed by atoms with E-state index in [2.05, 4.69) is 4.98 Å². The molecule has 1 aromatic heterocycles. The van der Waals surface area contributed by atoms with E-state index in [-0.39, 0.29) is 12.4 Å². The van der Waals surface area contributed by atoms with Gasteiger partial charge in [0, 0.05) is 6.20 Å². The molecular weight excluding hydrogens is 368 g/mol. The van der Waals surface area contributed by atoms with Crippen molar-refractivity contribution in [1.82, 2.24) is 9.55 Å². The number of phosphoric ester groups is 1. The molecule has 2 aliphatic rings. The van der Waals surface area contributed by atoms with Gasteiger partial charge in [-0.05, 0) is 19.9 Å². The van der Waals surface area contributed by atoms with Gasteiger partial charge in [-0.25, -0.2) is 13.8 Å². The standard InChI is InChI=1S/C12H16ClFN3O6P/c1-6(2)22-24(19)20-5-7-9(23-24)12(13,14)10(21-7)17-4-3-8(15)16-11(17)18/h3-4,6-7,9-10H,5H2,1-2H3,(H2,15,16,18)/t7-,9-,10-,12+,24+/m1/s1. The molecule has 0 bridgehead atoms. The van der Waals surface area contributed by atoms with Crippen LogP contribution >= 0.6 is 19.4 Å².